The molecule has 0 aliphatic carbocycles. The topological polar surface area (TPSA) is 49.8 Å². The standard InChI is InChI=1S/C8H15NO3/c1-8(12-7(10)11)3-5-9(2)6-4-8/h3-6H2,1-2H3,(H,10,11). The molecule has 0 spiro atoms. The monoisotopic (exact) mass is 173 g/mol. The molecule has 1 rings (SSSR count). The van der Waals surface area contributed by atoms with Crippen molar-refractivity contribution >= 4 is 6.16 Å². The van der Waals surface area contributed by atoms with Crippen molar-refractivity contribution in [3.8, 4) is 0 Å². The summed E-state index contributed by atoms with van der Waals surface area (Å²) in [5, 5.41) is 8.46. The number of hydrogen-bond donors (Lipinski definition) is 1. The molecule has 0 aromatic carbocycles. The van der Waals surface area contributed by atoms with Crippen molar-refractivity contribution in [2.24, 2.45) is 0 Å². The summed E-state index contributed by atoms with van der Waals surface area (Å²) >= 11 is 0. The second-order valence-corrected chi connectivity index (χ2v) is 3.62. The molecule has 1 N–H and O–H groups in total. The Morgan fingerprint density at radius 3 is 2.42 bits per heavy atom. The number of piperidine rings is 1. The van der Waals surface area contributed by atoms with Crippen molar-refractivity contribution in [3.05, 3.63) is 0 Å². The number of carboxylic acid groups (broad SMARTS) is 1. The number of likely N-dealkylation sites (tertiary alicyclic amines) is 1. The van der Waals surface area contributed by atoms with Gasteiger partial charge in [0, 0.05) is 13.1 Å². The van der Waals surface area contributed by atoms with E-state index in [0.29, 0.717) is 0 Å². The molecule has 0 radical (unpaired) electrons. The molecule has 0 aromatic rings. The lowest BCUT2D eigenvalue weighted by Crippen LogP contribution is -2.43. The number of carbonyl (C=O) groups is 1. The summed E-state index contributed by atoms with van der Waals surface area (Å²) in [6, 6.07) is 0. The van der Waals surface area contributed by atoms with Crippen molar-refractivity contribution in [2.45, 2.75) is 25.4 Å². The Kier molecular flexibility index (Phi) is 2.57. The predicted molar refractivity (Wildman–Crippen MR) is 44.2 cm³/mol. The van der Waals surface area contributed by atoms with Gasteiger partial charge in [-0.05, 0) is 26.8 Å². The summed E-state index contributed by atoms with van der Waals surface area (Å²) in [5.74, 6) is 0. The third-order valence-corrected chi connectivity index (χ3v) is 2.38. The highest BCUT2D eigenvalue weighted by atomic mass is 16.7. The lowest BCUT2D eigenvalue weighted by atomic mass is 9.94. The van der Waals surface area contributed by atoms with E-state index in [1.807, 2.05) is 14.0 Å². The average Bonchev–Trinajstić information content (AvgIpc) is 1.94. The van der Waals surface area contributed by atoms with E-state index in [2.05, 4.69) is 4.90 Å². The van der Waals surface area contributed by atoms with Crippen molar-refractivity contribution in [1.82, 2.24) is 4.90 Å². The van der Waals surface area contributed by atoms with Gasteiger partial charge in [0.2, 0.25) is 0 Å². The zero-order valence-corrected chi connectivity index (χ0v) is 7.54. The molecule has 0 bridgehead atoms. The number of rotatable bonds is 1. The fourth-order valence-electron chi connectivity index (χ4n) is 1.40. The van der Waals surface area contributed by atoms with Crippen LogP contribution in [0.1, 0.15) is 19.8 Å². The van der Waals surface area contributed by atoms with Crippen LogP contribution in [0.2, 0.25) is 0 Å². The summed E-state index contributed by atoms with van der Waals surface area (Å²) < 4.78 is 4.82. The van der Waals surface area contributed by atoms with Gasteiger partial charge in [0.25, 0.3) is 0 Å². The van der Waals surface area contributed by atoms with Crippen LogP contribution in [0.3, 0.4) is 0 Å². The predicted octanol–water partition coefficient (Wildman–Crippen LogP) is 1.17. The quantitative estimate of drug-likeness (QED) is 0.604. The van der Waals surface area contributed by atoms with Crippen molar-refractivity contribution < 1.29 is 14.6 Å². The first-order valence-electron chi connectivity index (χ1n) is 4.12. The van der Waals surface area contributed by atoms with E-state index in [0.717, 1.165) is 25.9 Å². The average molecular weight is 173 g/mol. The van der Waals surface area contributed by atoms with Crippen LogP contribution in [0, 0.1) is 0 Å². The minimum Gasteiger partial charge on any atom is -0.450 e. The maximum absolute atomic E-state index is 10.3. The van der Waals surface area contributed by atoms with Crippen LogP contribution in [0.4, 0.5) is 4.79 Å². The van der Waals surface area contributed by atoms with Crippen LogP contribution in [0.25, 0.3) is 0 Å². The van der Waals surface area contributed by atoms with Crippen molar-refractivity contribution in [2.75, 3.05) is 20.1 Å². The molecule has 0 unspecified atom stereocenters. The van der Waals surface area contributed by atoms with E-state index in [9.17, 15) is 4.79 Å². The van der Waals surface area contributed by atoms with Gasteiger partial charge in [0.05, 0.1) is 0 Å². The Bertz CT molecular complexity index is 173. The zero-order chi connectivity index (χ0) is 9.19. The molecule has 4 heteroatoms. The maximum atomic E-state index is 10.3. The molecule has 1 fully saturated rings. The van der Waals surface area contributed by atoms with Gasteiger partial charge in [-0.3, -0.25) is 0 Å². The molecule has 12 heavy (non-hydrogen) atoms. The van der Waals surface area contributed by atoms with Crippen LogP contribution >= 0.6 is 0 Å². The molecule has 0 aromatic heterocycles. The largest absolute Gasteiger partial charge is 0.506 e. The highest BCUT2D eigenvalue weighted by Crippen LogP contribution is 2.24. The van der Waals surface area contributed by atoms with Crippen molar-refractivity contribution in [3.63, 3.8) is 0 Å². The molecule has 1 aliphatic heterocycles. The normalized spacial score (nSPS) is 23.5. The molecule has 1 heterocycles. The smallest absolute Gasteiger partial charge is 0.450 e. The van der Waals surface area contributed by atoms with Gasteiger partial charge in [0.1, 0.15) is 5.60 Å². The molecule has 0 amide bonds. The molecule has 1 aliphatic rings. The highest BCUT2D eigenvalue weighted by molar-refractivity contribution is 5.57. The van der Waals surface area contributed by atoms with Gasteiger partial charge in [-0.15, -0.1) is 0 Å². The molecular formula is C8H15NO3. The first-order valence-corrected chi connectivity index (χ1v) is 4.12. The first kappa shape index (κ1) is 9.32. The Morgan fingerprint density at radius 1 is 1.50 bits per heavy atom. The fourth-order valence-corrected chi connectivity index (χ4v) is 1.40. The second-order valence-electron chi connectivity index (χ2n) is 3.62. The van der Waals surface area contributed by atoms with Crippen molar-refractivity contribution in [1.29, 1.82) is 0 Å². The summed E-state index contributed by atoms with van der Waals surface area (Å²) in [7, 11) is 2.03. The van der Waals surface area contributed by atoms with E-state index in [4.69, 9.17) is 9.84 Å². The molecule has 0 saturated carbocycles. The minimum absolute atomic E-state index is 0.460. The Balaban J connectivity index is 2.44. The molecule has 4 nitrogen and oxygen atoms in total. The van der Waals surface area contributed by atoms with Crippen LogP contribution in [-0.4, -0.2) is 41.9 Å². The Morgan fingerprint density at radius 2 is 2.00 bits per heavy atom. The van der Waals surface area contributed by atoms with Gasteiger partial charge in [-0.25, -0.2) is 4.79 Å². The number of nitrogens with zero attached hydrogens (tertiary/aromatic N) is 1. The lowest BCUT2D eigenvalue weighted by molar-refractivity contribution is -0.0407. The Labute approximate surface area is 72.1 Å². The SMILES string of the molecule is CN1CCC(C)(OC(=O)O)CC1. The van der Waals surface area contributed by atoms with Crippen LogP contribution in [0.5, 0.6) is 0 Å². The van der Waals surface area contributed by atoms with E-state index in [-0.39, 0.29) is 0 Å². The summed E-state index contributed by atoms with van der Waals surface area (Å²) in [6.07, 6.45) is 0.410. The zero-order valence-electron chi connectivity index (χ0n) is 7.54. The first-order chi connectivity index (χ1) is 5.52. The second kappa shape index (κ2) is 3.31. The number of hydrogen-bond acceptors (Lipinski definition) is 3. The maximum Gasteiger partial charge on any atom is 0.506 e. The molecular weight excluding hydrogens is 158 g/mol. The summed E-state index contributed by atoms with van der Waals surface area (Å²) in [4.78, 5) is 12.5. The van der Waals surface area contributed by atoms with Crippen LogP contribution in [0.15, 0.2) is 0 Å². The highest BCUT2D eigenvalue weighted by Gasteiger charge is 2.32. The van der Waals surface area contributed by atoms with E-state index >= 15 is 0 Å². The van der Waals surface area contributed by atoms with E-state index < -0.39 is 11.8 Å². The van der Waals surface area contributed by atoms with Gasteiger partial charge in [-0.2, -0.15) is 0 Å². The van der Waals surface area contributed by atoms with E-state index in [1.165, 1.54) is 0 Å². The Hall–Kier alpha value is -0.770. The summed E-state index contributed by atoms with van der Waals surface area (Å²) in [5.41, 5.74) is -0.460. The van der Waals surface area contributed by atoms with Gasteiger partial charge in [0.15, 0.2) is 0 Å². The van der Waals surface area contributed by atoms with Crippen LogP contribution in [-0.2, 0) is 4.74 Å². The van der Waals surface area contributed by atoms with Crippen LogP contribution < -0.4 is 0 Å². The third-order valence-electron chi connectivity index (χ3n) is 2.38. The molecule has 1 saturated heterocycles. The lowest BCUT2D eigenvalue weighted by Gasteiger charge is -2.36. The minimum atomic E-state index is -1.16. The third kappa shape index (κ3) is 2.37. The molecule has 0 atom stereocenters. The van der Waals surface area contributed by atoms with E-state index in [1.54, 1.807) is 0 Å². The van der Waals surface area contributed by atoms with Gasteiger partial charge < -0.3 is 14.7 Å². The summed E-state index contributed by atoms with van der Waals surface area (Å²) in [6.45, 7) is 3.67. The van der Waals surface area contributed by atoms with Gasteiger partial charge in [-0.1, -0.05) is 0 Å². The molecule has 70 valence electrons. The number of ether oxygens (including phenoxy) is 1. The fraction of sp³-hybridized carbons (Fsp3) is 0.875. The van der Waals surface area contributed by atoms with Gasteiger partial charge >= 0.3 is 6.16 Å².